The molecule has 0 atom stereocenters. The molecule has 0 aliphatic rings. The lowest BCUT2D eigenvalue weighted by atomic mass is 10.0. The molecular weight excluding hydrogens is 314 g/mol. The van der Waals surface area contributed by atoms with Crippen LogP contribution in [0.3, 0.4) is 0 Å². The van der Waals surface area contributed by atoms with Gasteiger partial charge in [-0.15, -0.1) is 0 Å². The Labute approximate surface area is 153 Å². The largest absolute Gasteiger partial charge is 0.336 e. The van der Waals surface area contributed by atoms with E-state index in [1.807, 2.05) is 0 Å². The molecule has 1 aromatic heterocycles. The lowest BCUT2D eigenvalue weighted by Crippen LogP contribution is -2.01. The molecule has 0 saturated carbocycles. The van der Waals surface area contributed by atoms with Crippen LogP contribution >= 0.6 is 0 Å². The van der Waals surface area contributed by atoms with Gasteiger partial charge in [-0.25, -0.2) is 0 Å². The Morgan fingerprint density at radius 3 is 2.08 bits per heavy atom. The van der Waals surface area contributed by atoms with Gasteiger partial charge in [0.05, 0.1) is 0 Å². The molecule has 0 N–H and O–H groups in total. The zero-order chi connectivity index (χ0) is 17.3. The highest BCUT2D eigenvalue weighted by atomic mass is 15.0. The Hall–Kier alpha value is -3.32. The lowest BCUT2D eigenvalue weighted by Gasteiger charge is -2.12. The third-order valence-corrected chi connectivity index (χ3v) is 5.04. The van der Waals surface area contributed by atoms with Crippen molar-refractivity contribution >= 4 is 21.7 Å². The van der Waals surface area contributed by atoms with Gasteiger partial charge in [-0.2, -0.15) is 0 Å². The molecule has 0 amide bonds. The smallest absolute Gasteiger partial charge is 0.0494 e. The average molecular weight is 333 g/mol. The quantitative estimate of drug-likeness (QED) is 0.355. The minimum absolute atomic E-state index is 0.872. The van der Waals surface area contributed by atoms with Crippen molar-refractivity contribution in [2.45, 2.75) is 6.54 Å². The zero-order valence-electron chi connectivity index (χ0n) is 14.5. The summed E-state index contributed by atoms with van der Waals surface area (Å²) in [6, 6.07) is 36.9. The molecule has 26 heavy (non-hydrogen) atoms. The SMILES string of the molecule is c1ccc(Cn2c(-c3ccc4ccccc4c3)cc3ccccc32)cc1. The van der Waals surface area contributed by atoms with Crippen molar-refractivity contribution in [3.05, 3.63) is 109 Å². The molecule has 0 unspecified atom stereocenters. The molecule has 0 fully saturated rings. The molecule has 0 spiro atoms. The predicted molar refractivity (Wildman–Crippen MR) is 110 cm³/mol. The fourth-order valence-corrected chi connectivity index (χ4v) is 3.73. The molecule has 0 radical (unpaired) electrons. The Morgan fingerprint density at radius 1 is 0.538 bits per heavy atom. The molecule has 1 heteroatoms. The molecule has 5 aromatic rings. The third kappa shape index (κ3) is 2.58. The topological polar surface area (TPSA) is 4.93 Å². The second kappa shape index (κ2) is 6.20. The van der Waals surface area contributed by atoms with E-state index in [-0.39, 0.29) is 0 Å². The first kappa shape index (κ1) is 15.0. The normalized spacial score (nSPS) is 11.2. The molecule has 4 aromatic carbocycles. The number of para-hydroxylation sites is 1. The maximum atomic E-state index is 2.43. The second-order valence-corrected chi connectivity index (χ2v) is 6.72. The monoisotopic (exact) mass is 333 g/mol. The Balaban J connectivity index is 1.72. The van der Waals surface area contributed by atoms with E-state index in [1.54, 1.807) is 0 Å². The van der Waals surface area contributed by atoms with Crippen molar-refractivity contribution in [1.29, 1.82) is 0 Å². The average Bonchev–Trinajstić information content (AvgIpc) is 3.07. The van der Waals surface area contributed by atoms with Gasteiger partial charge in [-0.1, -0.05) is 84.9 Å². The molecule has 124 valence electrons. The maximum Gasteiger partial charge on any atom is 0.0494 e. The van der Waals surface area contributed by atoms with Crippen molar-refractivity contribution in [3.8, 4) is 11.3 Å². The molecule has 0 bridgehead atoms. The molecule has 0 aliphatic carbocycles. The van der Waals surface area contributed by atoms with Crippen LogP contribution in [0, 0.1) is 0 Å². The van der Waals surface area contributed by atoms with Crippen LogP contribution in [0.5, 0.6) is 0 Å². The van der Waals surface area contributed by atoms with Crippen LogP contribution in [0.25, 0.3) is 32.9 Å². The minimum Gasteiger partial charge on any atom is -0.336 e. The highest BCUT2D eigenvalue weighted by molar-refractivity contribution is 5.91. The van der Waals surface area contributed by atoms with Gasteiger partial charge in [0.15, 0.2) is 0 Å². The minimum atomic E-state index is 0.872. The van der Waals surface area contributed by atoms with Gasteiger partial charge in [-0.05, 0) is 40.1 Å². The fraction of sp³-hybridized carbons (Fsp3) is 0.0400. The highest BCUT2D eigenvalue weighted by Gasteiger charge is 2.11. The molecule has 5 rings (SSSR count). The lowest BCUT2D eigenvalue weighted by molar-refractivity contribution is 0.845. The third-order valence-electron chi connectivity index (χ3n) is 5.04. The zero-order valence-corrected chi connectivity index (χ0v) is 14.5. The number of hydrogen-bond acceptors (Lipinski definition) is 0. The van der Waals surface area contributed by atoms with E-state index in [4.69, 9.17) is 0 Å². The van der Waals surface area contributed by atoms with Gasteiger partial charge in [0.25, 0.3) is 0 Å². The summed E-state index contributed by atoms with van der Waals surface area (Å²) in [5.74, 6) is 0. The number of hydrogen-bond donors (Lipinski definition) is 0. The predicted octanol–water partition coefficient (Wildman–Crippen LogP) is 6.51. The summed E-state index contributed by atoms with van der Waals surface area (Å²) in [5, 5.41) is 3.84. The van der Waals surface area contributed by atoms with Crippen molar-refractivity contribution in [1.82, 2.24) is 4.57 Å². The first-order valence-electron chi connectivity index (χ1n) is 9.00. The summed E-state index contributed by atoms with van der Waals surface area (Å²) < 4.78 is 2.43. The van der Waals surface area contributed by atoms with Crippen LogP contribution in [0.15, 0.2) is 103 Å². The van der Waals surface area contributed by atoms with Gasteiger partial charge in [0.2, 0.25) is 0 Å². The molecule has 0 saturated heterocycles. The van der Waals surface area contributed by atoms with Gasteiger partial charge in [-0.3, -0.25) is 0 Å². The van der Waals surface area contributed by atoms with Gasteiger partial charge in [0.1, 0.15) is 0 Å². The van der Waals surface area contributed by atoms with E-state index >= 15 is 0 Å². The van der Waals surface area contributed by atoms with Crippen LogP contribution in [-0.4, -0.2) is 4.57 Å². The van der Waals surface area contributed by atoms with E-state index in [1.165, 1.54) is 38.5 Å². The van der Waals surface area contributed by atoms with Crippen molar-refractivity contribution in [2.24, 2.45) is 0 Å². The van der Waals surface area contributed by atoms with Gasteiger partial charge < -0.3 is 4.57 Å². The van der Waals surface area contributed by atoms with Crippen LogP contribution in [0.1, 0.15) is 5.56 Å². The summed E-state index contributed by atoms with van der Waals surface area (Å²) in [6.45, 7) is 0.872. The number of rotatable bonds is 3. The molecular formula is C25H19N. The van der Waals surface area contributed by atoms with E-state index < -0.39 is 0 Å². The van der Waals surface area contributed by atoms with Crippen LogP contribution in [-0.2, 0) is 6.54 Å². The number of fused-ring (bicyclic) bond motifs is 2. The van der Waals surface area contributed by atoms with Crippen molar-refractivity contribution < 1.29 is 0 Å². The first-order chi connectivity index (χ1) is 12.9. The van der Waals surface area contributed by atoms with Crippen molar-refractivity contribution in [2.75, 3.05) is 0 Å². The summed E-state index contributed by atoms with van der Waals surface area (Å²) in [5.41, 5.74) is 5.12. The maximum absolute atomic E-state index is 2.43. The number of aromatic nitrogens is 1. The fourth-order valence-electron chi connectivity index (χ4n) is 3.73. The van der Waals surface area contributed by atoms with Crippen LogP contribution < -0.4 is 0 Å². The van der Waals surface area contributed by atoms with E-state index in [0.717, 1.165) is 6.54 Å². The standard InChI is InChI=1S/C25H19N/c1-2-8-19(9-3-1)18-26-24-13-7-6-12-22(24)17-25(26)23-15-14-20-10-4-5-11-21(20)16-23/h1-17H,18H2. The summed E-state index contributed by atoms with van der Waals surface area (Å²) >= 11 is 0. The van der Waals surface area contributed by atoms with Gasteiger partial charge >= 0.3 is 0 Å². The van der Waals surface area contributed by atoms with E-state index in [2.05, 4.69) is 108 Å². The number of benzene rings is 4. The highest BCUT2D eigenvalue weighted by Crippen LogP contribution is 2.31. The number of nitrogens with zero attached hydrogens (tertiary/aromatic N) is 1. The second-order valence-electron chi connectivity index (χ2n) is 6.72. The van der Waals surface area contributed by atoms with E-state index in [9.17, 15) is 0 Å². The van der Waals surface area contributed by atoms with Gasteiger partial charge in [0, 0.05) is 23.1 Å². The Morgan fingerprint density at radius 2 is 1.23 bits per heavy atom. The summed E-state index contributed by atoms with van der Waals surface area (Å²) in [6.07, 6.45) is 0. The first-order valence-corrected chi connectivity index (χ1v) is 9.00. The summed E-state index contributed by atoms with van der Waals surface area (Å²) in [7, 11) is 0. The van der Waals surface area contributed by atoms with E-state index in [0.29, 0.717) is 0 Å². The summed E-state index contributed by atoms with van der Waals surface area (Å²) in [4.78, 5) is 0. The Kier molecular flexibility index (Phi) is 3.57. The molecule has 0 aliphatic heterocycles. The molecule has 1 heterocycles. The Bertz CT molecular complexity index is 1200. The van der Waals surface area contributed by atoms with Crippen molar-refractivity contribution in [3.63, 3.8) is 0 Å². The molecule has 1 nitrogen and oxygen atoms in total. The van der Waals surface area contributed by atoms with Crippen LogP contribution in [0.4, 0.5) is 0 Å². The van der Waals surface area contributed by atoms with Crippen LogP contribution in [0.2, 0.25) is 0 Å².